The third kappa shape index (κ3) is 1.58. The summed E-state index contributed by atoms with van der Waals surface area (Å²) in [6, 6.07) is 0. The largest absolute Gasteiger partial charge is 0.504 e. The van der Waals surface area contributed by atoms with Crippen LogP contribution in [0, 0.1) is 5.82 Å². The fourth-order valence-electron chi connectivity index (χ4n) is 1.01. The van der Waals surface area contributed by atoms with E-state index < -0.39 is 40.4 Å². The Morgan fingerprint density at radius 2 is 1.40 bits per heavy atom. The predicted octanol–water partition coefficient (Wildman–Crippen LogP) is 1.42. The van der Waals surface area contributed by atoms with Gasteiger partial charge in [-0.2, -0.15) is 13.2 Å². The molecule has 0 radical (unpaired) electrons. The molecule has 0 unspecified atom stereocenters. The van der Waals surface area contributed by atoms with Crippen LogP contribution in [0.3, 0.4) is 0 Å². The Hall–Kier alpha value is -1.86. The molecule has 1 aromatic rings. The summed E-state index contributed by atoms with van der Waals surface area (Å²) in [5, 5.41) is 17.8. The van der Waals surface area contributed by atoms with Gasteiger partial charge in [0.25, 0.3) is 0 Å². The van der Waals surface area contributed by atoms with Crippen LogP contribution in [0.25, 0.3) is 0 Å². The number of benzene rings is 1. The smallest absolute Gasteiger partial charge is 0.421 e. The Morgan fingerprint density at radius 3 is 1.80 bits per heavy atom. The Bertz CT molecular complexity index is 387. The first kappa shape index (κ1) is 11.2. The number of aromatic hydroxyl groups is 2. The maximum atomic E-state index is 13.0. The molecule has 1 aromatic carbocycles. The number of nitrogen functional groups attached to an aromatic ring is 2. The van der Waals surface area contributed by atoms with Crippen molar-refractivity contribution in [2.75, 3.05) is 11.5 Å². The fourth-order valence-corrected chi connectivity index (χ4v) is 1.01. The quantitative estimate of drug-likeness (QED) is 0.233. The molecule has 0 amide bonds. The van der Waals surface area contributed by atoms with Gasteiger partial charge in [-0.05, 0) is 0 Å². The molecule has 15 heavy (non-hydrogen) atoms. The van der Waals surface area contributed by atoms with E-state index >= 15 is 0 Å². The SMILES string of the molecule is Nc1c(O)c(N)c(C(F)(F)F)c(F)c1O. The van der Waals surface area contributed by atoms with E-state index in [-0.39, 0.29) is 0 Å². The molecule has 0 saturated heterocycles. The summed E-state index contributed by atoms with van der Waals surface area (Å²) < 4.78 is 49.6. The zero-order chi connectivity index (χ0) is 12.0. The topological polar surface area (TPSA) is 92.5 Å². The molecule has 84 valence electrons. The van der Waals surface area contributed by atoms with Gasteiger partial charge in [-0.3, -0.25) is 0 Å². The Labute approximate surface area is 80.7 Å². The van der Waals surface area contributed by atoms with Gasteiger partial charge >= 0.3 is 6.18 Å². The number of phenols is 2. The van der Waals surface area contributed by atoms with Gasteiger partial charge in [0.2, 0.25) is 0 Å². The van der Waals surface area contributed by atoms with Crippen molar-refractivity contribution in [1.29, 1.82) is 0 Å². The van der Waals surface area contributed by atoms with Gasteiger partial charge < -0.3 is 21.7 Å². The molecular formula is C7H6F4N2O2. The fraction of sp³-hybridized carbons (Fsp3) is 0.143. The molecule has 0 aliphatic rings. The third-order valence-corrected chi connectivity index (χ3v) is 1.75. The lowest BCUT2D eigenvalue weighted by molar-refractivity contribution is -0.139. The van der Waals surface area contributed by atoms with Gasteiger partial charge in [-0.15, -0.1) is 0 Å². The molecule has 8 heteroatoms. The van der Waals surface area contributed by atoms with Crippen LogP contribution in [0.15, 0.2) is 0 Å². The summed E-state index contributed by atoms with van der Waals surface area (Å²) in [4.78, 5) is 0. The van der Waals surface area contributed by atoms with Crippen molar-refractivity contribution in [2.24, 2.45) is 0 Å². The van der Waals surface area contributed by atoms with E-state index in [1.807, 2.05) is 0 Å². The van der Waals surface area contributed by atoms with Crippen LogP contribution in [0.1, 0.15) is 5.56 Å². The summed E-state index contributed by atoms with van der Waals surface area (Å²) in [6.45, 7) is 0. The van der Waals surface area contributed by atoms with E-state index in [9.17, 15) is 17.6 Å². The zero-order valence-electron chi connectivity index (χ0n) is 7.06. The Kier molecular flexibility index (Phi) is 2.30. The van der Waals surface area contributed by atoms with Crippen molar-refractivity contribution in [3.8, 4) is 11.5 Å². The molecule has 0 aliphatic heterocycles. The highest BCUT2D eigenvalue weighted by Crippen LogP contribution is 2.47. The number of halogens is 4. The summed E-state index contributed by atoms with van der Waals surface area (Å²) in [7, 11) is 0. The summed E-state index contributed by atoms with van der Waals surface area (Å²) >= 11 is 0. The molecule has 1 rings (SSSR count). The molecule has 0 spiro atoms. The van der Waals surface area contributed by atoms with E-state index in [2.05, 4.69) is 0 Å². The van der Waals surface area contributed by atoms with Crippen molar-refractivity contribution >= 4 is 11.4 Å². The minimum Gasteiger partial charge on any atom is -0.504 e. The van der Waals surface area contributed by atoms with Crippen molar-refractivity contribution in [1.82, 2.24) is 0 Å². The summed E-state index contributed by atoms with van der Waals surface area (Å²) in [6.07, 6.45) is -5.13. The highest BCUT2D eigenvalue weighted by atomic mass is 19.4. The van der Waals surface area contributed by atoms with Crippen molar-refractivity contribution in [2.45, 2.75) is 6.18 Å². The van der Waals surface area contributed by atoms with E-state index in [0.717, 1.165) is 0 Å². The van der Waals surface area contributed by atoms with Gasteiger partial charge in [-0.25, -0.2) is 4.39 Å². The average Bonchev–Trinajstić information content (AvgIpc) is 2.09. The molecule has 0 aliphatic carbocycles. The number of alkyl halides is 3. The molecule has 0 bridgehead atoms. The number of anilines is 2. The van der Waals surface area contributed by atoms with Gasteiger partial charge in [0.15, 0.2) is 17.3 Å². The van der Waals surface area contributed by atoms with Gasteiger partial charge in [0, 0.05) is 0 Å². The lowest BCUT2D eigenvalue weighted by Crippen LogP contribution is -2.13. The second kappa shape index (κ2) is 3.07. The van der Waals surface area contributed by atoms with Gasteiger partial charge in [0.05, 0.1) is 5.69 Å². The maximum absolute atomic E-state index is 13.0. The van der Waals surface area contributed by atoms with Gasteiger partial charge in [0.1, 0.15) is 11.3 Å². The van der Waals surface area contributed by atoms with E-state index in [1.165, 1.54) is 0 Å². The number of hydrogen-bond donors (Lipinski definition) is 4. The van der Waals surface area contributed by atoms with Crippen LogP contribution in [-0.2, 0) is 6.18 Å². The van der Waals surface area contributed by atoms with Crippen molar-refractivity contribution < 1.29 is 27.8 Å². The van der Waals surface area contributed by atoms with Crippen LogP contribution in [0.4, 0.5) is 28.9 Å². The average molecular weight is 226 g/mol. The highest BCUT2D eigenvalue weighted by Gasteiger charge is 2.40. The van der Waals surface area contributed by atoms with Crippen LogP contribution >= 0.6 is 0 Å². The second-order valence-electron chi connectivity index (χ2n) is 2.71. The molecule has 0 saturated carbocycles. The maximum Gasteiger partial charge on any atom is 0.421 e. The molecule has 0 fully saturated rings. The minimum absolute atomic E-state index is 0.932. The highest BCUT2D eigenvalue weighted by molar-refractivity contribution is 5.76. The third-order valence-electron chi connectivity index (χ3n) is 1.75. The first-order valence-corrected chi connectivity index (χ1v) is 3.53. The first-order chi connectivity index (χ1) is 6.68. The van der Waals surface area contributed by atoms with Gasteiger partial charge in [-0.1, -0.05) is 0 Å². The van der Waals surface area contributed by atoms with Crippen molar-refractivity contribution in [3.63, 3.8) is 0 Å². The predicted molar refractivity (Wildman–Crippen MR) is 43.6 cm³/mol. The standard InChI is InChI=1S/C7H6F4N2O2/c8-2-1(7(9,10)11)3(12)6(15)4(13)5(2)14/h14-15H,12-13H2. The van der Waals surface area contributed by atoms with Crippen LogP contribution in [0.2, 0.25) is 0 Å². The first-order valence-electron chi connectivity index (χ1n) is 3.53. The minimum atomic E-state index is -5.13. The zero-order valence-corrected chi connectivity index (χ0v) is 7.06. The molecule has 0 atom stereocenters. The summed E-state index contributed by atoms with van der Waals surface area (Å²) in [5.41, 5.74) is 5.62. The van der Waals surface area contributed by atoms with E-state index in [4.69, 9.17) is 21.7 Å². The molecule has 6 N–H and O–H groups in total. The van der Waals surface area contributed by atoms with Crippen LogP contribution in [0.5, 0.6) is 11.5 Å². The number of rotatable bonds is 0. The molecule has 0 heterocycles. The normalized spacial score (nSPS) is 11.7. The molecular weight excluding hydrogens is 220 g/mol. The Balaban J connectivity index is 3.68. The lowest BCUT2D eigenvalue weighted by atomic mass is 10.1. The molecule has 0 aromatic heterocycles. The molecule has 4 nitrogen and oxygen atoms in total. The number of phenolic OH excluding ortho intramolecular Hbond substituents is 2. The van der Waals surface area contributed by atoms with E-state index in [0.29, 0.717) is 0 Å². The van der Waals surface area contributed by atoms with Crippen molar-refractivity contribution in [3.05, 3.63) is 11.4 Å². The number of hydrogen-bond acceptors (Lipinski definition) is 4. The second-order valence-corrected chi connectivity index (χ2v) is 2.71. The Morgan fingerprint density at radius 1 is 0.933 bits per heavy atom. The van der Waals surface area contributed by atoms with E-state index in [1.54, 1.807) is 0 Å². The summed E-state index contributed by atoms with van der Waals surface area (Å²) in [5.74, 6) is -4.68. The number of nitrogens with two attached hydrogens (primary N) is 2. The lowest BCUT2D eigenvalue weighted by Gasteiger charge is -2.14. The van der Waals surface area contributed by atoms with Crippen LogP contribution < -0.4 is 11.5 Å². The van der Waals surface area contributed by atoms with Crippen LogP contribution in [-0.4, -0.2) is 10.2 Å². The monoisotopic (exact) mass is 226 g/mol.